The first-order valence-corrected chi connectivity index (χ1v) is 12.5. The van der Waals surface area contributed by atoms with Crippen LogP contribution in [0.4, 0.5) is 10.1 Å². The van der Waals surface area contributed by atoms with Crippen LogP contribution in [0.15, 0.2) is 53.5 Å². The minimum absolute atomic E-state index is 0.0573. The van der Waals surface area contributed by atoms with Gasteiger partial charge in [-0.2, -0.15) is 4.99 Å². The number of amidine groups is 1. The van der Waals surface area contributed by atoms with E-state index in [0.29, 0.717) is 16.6 Å². The van der Waals surface area contributed by atoms with Crippen molar-refractivity contribution in [1.82, 2.24) is 0 Å². The Balaban J connectivity index is 1.62. The molecule has 2 fully saturated rings. The summed E-state index contributed by atoms with van der Waals surface area (Å²) in [5, 5.41) is 0.390. The van der Waals surface area contributed by atoms with E-state index >= 15 is 0 Å². The molecule has 0 unspecified atom stereocenters. The van der Waals surface area contributed by atoms with Crippen LogP contribution in [0.3, 0.4) is 0 Å². The van der Waals surface area contributed by atoms with E-state index in [4.69, 9.17) is 0 Å². The van der Waals surface area contributed by atoms with Crippen LogP contribution in [0.1, 0.15) is 30.9 Å². The number of amides is 1. The standard InChI is InChI=1S/C22H23FN2O3S2/c1-14(2)16-5-9-18(10-6-16)25-19-12-30(27,28)13-20(19)29-22(25)24-21(26)11-15-3-7-17(23)8-4-15/h3-10,14,19-20H,11-13H2,1-2H3/t19-,20-/m0/s1. The van der Waals surface area contributed by atoms with Crippen molar-refractivity contribution in [1.29, 1.82) is 0 Å². The molecule has 2 aliphatic heterocycles. The van der Waals surface area contributed by atoms with Crippen molar-refractivity contribution in [2.75, 3.05) is 16.4 Å². The molecule has 158 valence electrons. The Labute approximate surface area is 180 Å². The van der Waals surface area contributed by atoms with Crippen molar-refractivity contribution < 1.29 is 17.6 Å². The van der Waals surface area contributed by atoms with Crippen LogP contribution in [0, 0.1) is 5.82 Å². The molecule has 4 rings (SSSR count). The van der Waals surface area contributed by atoms with Crippen LogP contribution in [0.5, 0.6) is 0 Å². The maximum Gasteiger partial charge on any atom is 0.252 e. The van der Waals surface area contributed by atoms with E-state index in [9.17, 15) is 17.6 Å². The van der Waals surface area contributed by atoms with E-state index < -0.39 is 9.84 Å². The third-order valence-corrected chi connectivity index (χ3v) is 8.60. The number of nitrogens with zero attached hydrogens (tertiary/aromatic N) is 2. The average molecular weight is 447 g/mol. The van der Waals surface area contributed by atoms with Gasteiger partial charge in [-0.1, -0.05) is 49.9 Å². The zero-order valence-corrected chi connectivity index (χ0v) is 18.4. The predicted molar refractivity (Wildman–Crippen MR) is 119 cm³/mol. The molecule has 0 bridgehead atoms. The van der Waals surface area contributed by atoms with Crippen molar-refractivity contribution in [3.05, 3.63) is 65.5 Å². The molecule has 30 heavy (non-hydrogen) atoms. The van der Waals surface area contributed by atoms with Crippen LogP contribution in [-0.2, 0) is 21.1 Å². The predicted octanol–water partition coefficient (Wildman–Crippen LogP) is 3.79. The number of fused-ring (bicyclic) bond motifs is 1. The number of carbonyl (C=O) groups excluding carboxylic acids is 1. The van der Waals surface area contributed by atoms with Crippen molar-refractivity contribution in [3.63, 3.8) is 0 Å². The summed E-state index contributed by atoms with van der Waals surface area (Å²) in [6, 6.07) is 13.5. The van der Waals surface area contributed by atoms with Crippen molar-refractivity contribution in [2.45, 2.75) is 37.5 Å². The summed E-state index contributed by atoms with van der Waals surface area (Å²) in [4.78, 5) is 18.8. The zero-order chi connectivity index (χ0) is 21.5. The molecule has 2 atom stereocenters. The summed E-state index contributed by atoms with van der Waals surface area (Å²) in [5.74, 6) is -0.155. The monoisotopic (exact) mass is 446 g/mol. The summed E-state index contributed by atoms with van der Waals surface area (Å²) >= 11 is 1.35. The van der Waals surface area contributed by atoms with E-state index in [2.05, 4.69) is 18.8 Å². The molecule has 8 heteroatoms. The van der Waals surface area contributed by atoms with Crippen LogP contribution in [0.25, 0.3) is 0 Å². The fraction of sp³-hybridized carbons (Fsp3) is 0.364. The molecule has 2 saturated heterocycles. The van der Waals surface area contributed by atoms with Gasteiger partial charge in [0.25, 0.3) is 5.91 Å². The Bertz CT molecular complexity index is 1080. The van der Waals surface area contributed by atoms with Gasteiger partial charge in [-0.15, -0.1) is 0 Å². The number of aliphatic imine (C=N–C) groups is 1. The zero-order valence-electron chi connectivity index (χ0n) is 16.8. The normalized spacial score (nSPS) is 23.9. The number of thioether (sulfide) groups is 1. The Morgan fingerprint density at radius 3 is 2.43 bits per heavy atom. The Kier molecular flexibility index (Phi) is 5.72. The highest BCUT2D eigenvalue weighted by atomic mass is 32.2. The summed E-state index contributed by atoms with van der Waals surface area (Å²) in [6.45, 7) is 4.22. The van der Waals surface area contributed by atoms with Gasteiger partial charge in [0.2, 0.25) is 0 Å². The quantitative estimate of drug-likeness (QED) is 0.715. The summed E-state index contributed by atoms with van der Waals surface area (Å²) < 4.78 is 37.5. The van der Waals surface area contributed by atoms with E-state index in [1.165, 1.54) is 29.5 Å². The van der Waals surface area contributed by atoms with Crippen LogP contribution >= 0.6 is 11.8 Å². The summed E-state index contributed by atoms with van der Waals surface area (Å²) in [7, 11) is -3.11. The molecular weight excluding hydrogens is 423 g/mol. The minimum atomic E-state index is -3.11. The van der Waals surface area contributed by atoms with E-state index in [-0.39, 0.29) is 40.9 Å². The summed E-state index contributed by atoms with van der Waals surface area (Å²) in [6.07, 6.45) is 0.0676. The molecule has 2 aromatic rings. The Hall–Kier alpha value is -2.19. The lowest BCUT2D eigenvalue weighted by Gasteiger charge is -2.25. The van der Waals surface area contributed by atoms with Gasteiger partial charge in [-0.05, 0) is 41.3 Å². The smallest absolute Gasteiger partial charge is 0.252 e. The number of anilines is 1. The lowest BCUT2D eigenvalue weighted by Crippen LogP contribution is -2.37. The van der Waals surface area contributed by atoms with Gasteiger partial charge in [0.05, 0.1) is 24.0 Å². The van der Waals surface area contributed by atoms with E-state index in [1.54, 1.807) is 12.1 Å². The number of halogens is 1. The molecule has 2 heterocycles. The largest absolute Gasteiger partial charge is 0.316 e. The van der Waals surface area contributed by atoms with Gasteiger partial charge < -0.3 is 4.90 Å². The molecule has 2 aliphatic rings. The third-order valence-electron chi connectivity index (χ3n) is 5.39. The number of hydrogen-bond donors (Lipinski definition) is 0. The second kappa shape index (κ2) is 8.15. The van der Waals surface area contributed by atoms with E-state index in [0.717, 1.165) is 5.69 Å². The van der Waals surface area contributed by atoms with Gasteiger partial charge in [-0.25, -0.2) is 12.8 Å². The van der Waals surface area contributed by atoms with Gasteiger partial charge in [0, 0.05) is 10.9 Å². The molecule has 2 aromatic carbocycles. The molecular formula is C22H23FN2O3S2. The van der Waals surface area contributed by atoms with Crippen molar-refractivity contribution in [2.24, 2.45) is 4.99 Å². The highest BCUT2D eigenvalue weighted by Gasteiger charge is 2.49. The molecule has 5 nitrogen and oxygen atoms in total. The number of hydrogen-bond acceptors (Lipinski definition) is 4. The van der Waals surface area contributed by atoms with Gasteiger partial charge in [-0.3, -0.25) is 4.79 Å². The molecule has 0 aromatic heterocycles. The fourth-order valence-electron chi connectivity index (χ4n) is 3.81. The minimum Gasteiger partial charge on any atom is -0.316 e. The number of sulfone groups is 1. The molecule has 0 N–H and O–H groups in total. The number of rotatable bonds is 4. The first-order valence-electron chi connectivity index (χ1n) is 9.84. The fourth-order valence-corrected chi connectivity index (χ4v) is 7.74. The molecule has 1 amide bonds. The second-order valence-corrected chi connectivity index (χ2v) is 11.4. The maximum atomic E-state index is 13.1. The maximum absolute atomic E-state index is 13.1. The molecule has 0 aliphatic carbocycles. The highest BCUT2D eigenvalue weighted by molar-refractivity contribution is 8.16. The Morgan fingerprint density at radius 1 is 1.13 bits per heavy atom. The van der Waals surface area contributed by atoms with E-state index in [1.807, 2.05) is 29.2 Å². The van der Waals surface area contributed by atoms with Gasteiger partial charge in [0.1, 0.15) is 5.82 Å². The highest BCUT2D eigenvalue weighted by Crippen LogP contribution is 2.41. The topological polar surface area (TPSA) is 66.8 Å². The Morgan fingerprint density at radius 2 is 1.80 bits per heavy atom. The lowest BCUT2D eigenvalue weighted by atomic mass is 10.0. The second-order valence-electron chi connectivity index (χ2n) is 8.01. The van der Waals surface area contributed by atoms with Crippen molar-refractivity contribution >= 4 is 38.4 Å². The average Bonchev–Trinajstić information content (AvgIpc) is 3.14. The van der Waals surface area contributed by atoms with Crippen LogP contribution in [-0.4, -0.2) is 42.3 Å². The SMILES string of the molecule is CC(C)c1ccc(N2C(=NC(=O)Cc3ccc(F)cc3)S[C@H]3CS(=O)(=O)C[C@@H]32)cc1. The van der Waals surface area contributed by atoms with Gasteiger partial charge >= 0.3 is 0 Å². The summed E-state index contributed by atoms with van der Waals surface area (Å²) in [5.41, 5.74) is 2.71. The van der Waals surface area contributed by atoms with Gasteiger partial charge in [0.15, 0.2) is 15.0 Å². The number of carbonyl (C=O) groups is 1. The molecule has 0 radical (unpaired) electrons. The number of benzene rings is 2. The third kappa shape index (κ3) is 4.44. The first kappa shape index (κ1) is 21.1. The molecule has 0 spiro atoms. The van der Waals surface area contributed by atoms with Crippen LogP contribution < -0.4 is 4.90 Å². The van der Waals surface area contributed by atoms with Crippen LogP contribution in [0.2, 0.25) is 0 Å². The van der Waals surface area contributed by atoms with Crippen molar-refractivity contribution in [3.8, 4) is 0 Å². The molecule has 0 saturated carbocycles. The lowest BCUT2D eigenvalue weighted by molar-refractivity contribution is -0.117. The first-order chi connectivity index (χ1) is 14.2.